The van der Waals surface area contributed by atoms with Crippen LogP contribution >= 0.6 is 0 Å². The van der Waals surface area contributed by atoms with Crippen molar-refractivity contribution in [2.24, 2.45) is 17.0 Å². The zero-order chi connectivity index (χ0) is 14.5. The third kappa shape index (κ3) is 1.62. The molecule has 1 heterocycles. The lowest BCUT2D eigenvalue weighted by Gasteiger charge is -2.17. The Morgan fingerprint density at radius 2 is 2.35 bits per heavy atom. The third-order valence-electron chi connectivity index (χ3n) is 4.69. The molecule has 0 radical (unpaired) electrons. The smallest absolute Gasteiger partial charge is 0.328 e. The predicted octanol–water partition coefficient (Wildman–Crippen LogP) is 0.251. The molecule has 3 rings (SSSR count). The van der Waals surface area contributed by atoms with Crippen LogP contribution in [0.4, 0.5) is 0 Å². The Labute approximate surface area is 113 Å². The Bertz CT molecular complexity index is 717. The highest BCUT2D eigenvalue weighted by molar-refractivity contribution is 5.21. The maximum absolute atomic E-state index is 12.0. The Morgan fingerprint density at radius 1 is 1.60 bits per heavy atom. The summed E-state index contributed by atoms with van der Waals surface area (Å²) in [7, 11) is 0. The molecule has 2 saturated carbocycles. The van der Waals surface area contributed by atoms with Gasteiger partial charge in [-0.2, -0.15) is 0 Å². The number of H-pyrrole nitrogens is 1. The van der Waals surface area contributed by atoms with Crippen LogP contribution in [0.25, 0.3) is 10.4 Å². The molecule has 1 aromatic heterocycles. The number of nitrogens with one attached hydrogen (secondary N) is 1. The van der Waals surface area contributed by atoms with E-state index in [0.29, 0.717) is 12.0 Å². The fraction of sp³-hybridized carbons (Fsp3) is 0.667. The Balaban J connectivity index is 2.05. The summed E-state index contributed by atoms with van der Waals surface area (Å²) in [5, 5.41) is 13.2. The number of aromatic amines is 1. The molecule has 1 unspecified atom stereocenters. The normalized spacial score (nSPS) is 34.4. The molecule has 2 aliphatic rings. The Morgan fingerprint density at radius 3 is 3.00 bits per heavy atom. The molecule has 8 heteroatoms. The van der Waals surface area contributed by atoms with Crippen molar-refractivity contribution in [2.75, 3.05) is 6.61 Å². The van der Waals surface area contributed by atoms with E-state index in [4.69, 9.17) is 5.53 Å². The summed E-state index contributed by atoms with van der Waals surface area (Å²) >= 11 is 0. The zero-order valence-corrected chi connectivity index (χ0v) is 11.0. The Kier molecular flexibility index (Phi) is 2.74. The van der Waals surface area contributed by atoms with E-state index < -0.39 is 11.2 Å². The number of fused-ring (bicyclic) bond motifs is 1. The number of aliphatic hydroxyl groups is 1. The first-order chi connectivity index (χ1) is 9.53. The van der Waals surface area contributed by atoms with E-state index in [1.807, 2.05) is 0 Å². The van der Waals surface area contributed by atoms with Gasteiger partial charge in [0.25, 0.3) is 5.56 Å². The van der Waals surface area contributed by atoms with E-state index in [9.17, 15) is 14.7 Å². The van der Waals surface area contributed by atoms with Crippen LogP contribution in [0.2, 0.25) is 0 Å². The number of aryl methyl sites for hydroxylation is 1. The molecule has 8 nitrogen and oxygen atoms in total. The second kappa shape index (κ2) is 4.22. The molecule has 20 heavy (non-hydrogen) atoms. The van der Waals surface area contributed by atoms with Crippen LogP contribution in [0.1, 0.15) is 18.4 Å². The third-order valence-corrected chi connectivity index (χ3v) is 4.69. The molecule has 0 aromatic carbocycles. The van der Waals surface area contributed by atoms with Gasteiger partial charge in [-0.3, -0.25) is 14.3 Å². The van der Waals surface area contributed by atoms with Crippen LogP contribution in [0.3, 0.4) is 0 Å². The highest BCUT2D eigenvalue weighted by Crippen LogP contribution is 2.64. The molecule has 2 N–H and O–H groups in total. The van der Waals surface area contributed by atoms with Crippen LogP contribution in [0.5, 0.6) is 0 Å². The van der Waals surface area contributed by atoms with Crippen LogP contribution in [-0.2, 0) is 5.54 Å². The van der Waals surface area contributed by atoms with Crippen molar-refractivity contribution in [3.05, 3.63) is 43.0 Å². The van der Waals surface area contributed by atoms with Gasteiger partial charge in [0.15, 0.2) is 0 Å². The van der Waals surface area contributed by atoms with Gasteiger partial charge in [0.2, 0.25) is 0 Å². The molecular formula is C12H15N5O3. The summed E-state index contributed by atoms with van der Waals surface area (Å²) in [5.41, 5.74) is 7.81. The molecule has 2 aliphatic carbocycles. The molecule has 0 bridgehead atoms. The van der Waals surface area contributed by atoms with Crippen LogP contribution < -0.4 is 11.2 Å². The number of azide groups is 1. The fourth-order valence-corrected chi connectivity index (χ4v) is 3.60. The maximum atomic E-state index is 12.0. The number of hydrogen-bond acceptors (Lipinski definition) is 4. The average molecular weight is 277 g/mol. The predicted molar refractivity (Wildman–Crippen MR) is 70.3 cm³/mol. The number of rotatable bonds is 3. The zero-order valence-electron chi connectivity index (χ0n) is 11.0. The highest BCUT2D eigenvalue weighted by Gasteiger charge is 2.66. The number of hydrogen-bond donors (Lipinski definition) is 2. The molecule has 4 atom stereocenters. The fourth-order valence-electron chi connectivity index (χ4n) is 3.60. The van der Waals surface area contributed by atoms with Crippen LogP contribution in [0, 0.1) is 18.8 Å². The van der Waals surface area contributed by atoms with Gasteiger partial charge in [-0.1, -0.05) is 5.11 Å². The van der Waals surface area contributed by atoms with Crippen molar-refractivity contribution in [3.63, 3.8) is 0 Å². The first kappa shape index (κ1) is 13.0. The van der Waals surface area contributed by atoms with Gasteiger partial charge in [0.05, 0.1) is 5.54 Å². The van der Waals surface area contributed by atoms with E-state index >= 15 is 0 Å². The average Bonchev–Trinajstić information content (AvgIpc) is 3.02. The van der Waals surface area contributed by atoms with Crippen molar-refractivity contribution in [3.8, 4) is 0 Å². The highest BCUT2D eigenvalue weighted by atomic mass is 16.3. The van der Waals surface area contributed by atoms with E-state index in [0.717, 1.165) is 6.42 Å². The van der Waals surface area contributed by atoms with E-state index in [2.05, 4.69) is 15.0 Å². The quantitative estimate of drug-likeness (QED) is 0.467. The summed E-state index contributed by atoms with van der Waals surface area (Å²) in [6.45, 7) is 1.58. The van der Waals surface area contributed by atoms with Gasteiger partial charge < -0.3 is 5.11 Å². The largest absolute Gasteiger partial charge is 0.396 e. The van der Waals surface area contributed by atoms with Crippen LogP contribution in [0.15, 0.2) is 20.9 Å². The van der Waals surface area contributed by atoms with E-state index in [1.54, 1.807) is 17.7 Å². The molecule has 2 fully saturated rings. The lowest BCUT2D eigenvalue weighted by atomic mass is 10.0. The van der Waals surface area contributed by atoms with Crippen molar-refractivity contribution < 1.29 is 5.11 Å². The second-order valence-electron chi connectivity index (χ2n) is 5.68. The molecule has 1 aromatic rings. The monoisotopic (exact) mass is 277 g/mol. The summed E-state index contributed by atoms with van der Waals surface area (Å²) < 4.78 is 1.55. The molecule has 0 aliphatic heterocycles. The minimum Gasteiger partial charge on any atom is -0.396 e. The first-order valence-electron chi connectivity index (χ1n) is 6.51. The maximum Gasteiger partial charge on any atom is 0.328 e. The molecule has 0 saturated heterocycles. The number of nitrogens with zero attached hydrogens (tertiary/aromatic N) is 4. The standard InChI is InChI=1S/C12H15N5O3/c1-6-4-17(11(20)14-10(6)19)12-2-8(12)7(5-18)9(3-12)15-16-13/h4,7-9,18H,2-3,5H2,1H3,(H,14,19,20)/t7-,8?,9-,12+/m0/s1. The van der Waals surface area contributed by atoms with Gasteiger partial charge in [0, 0.05) is 29.3 Å². The van der Waals surface area contributed by atoms with Crippen molar-refractivity contribution >= 4 is 0 Å². The summed E-state index contributed by atoms with van der Waals surface area (Å²) in [6.07, 6.45) is 2.85. The van der Waals surface area contributed by atoms with Gasteiger partial charge in [-0.15, -0.1) is 0 Å². The second-order valence-corrected chi connectivity index (χ2v) is 5.68. The minimum atomic E-state index is -0.443. The SMILES string of the molecule is Cc1cn([C@@]23CC2[C@H](CO)[C@@H](N=[N+]=[N-])C3)c(=O)[nH]c1=O. The summed E-state index contributed by atoms with van der Waals surface area (Å²) in [6, 6.07) is -0.303. The first-order valence-corrected chi connectivity index (χ1v) is 6.51. The van der Waals surface area contributed by atoms with Gasteiger partial charge in [0.1, 0.15) is 0 Å². The van der Waals surface area contributed by atoms with Crippen molar-refractivity contribution in [1.29, 1.82) is 0 Å². The van der Waals surface area contributed by atoms with E-state index in [1.165, 1.54) is 0 Å². The van der Waals surface area contributed by atoms with Gasteiger partial charge >= 0.3 is 5.69 Å². The number of aliphatic hydroxyl groups excluding tert-OH is 1. The molecule has 106 valence electrons. The van der Waals surface area contributed by atoms with E-state index in [-0.39, 0.29) is 30.0 Å². The molecular weight excluding hydrogens is 262 g/mol. The van der Waals surface area contributed by atoms with Crippen LogP contribution in [-0.4, -0.2) is 27.3 Å². The topological polar surface area (TPSA) is 124 Å². The molecule has 0 amide bonds. The van der Waals surface area contributed by atoms with Crippen molar-refractivity contribution in [2.45, 2.75) is 31.3 Å². The minimum absolute atomic E-state index is 0.0623. The number of aromatic nitrogens is 2. The Hall–Kier alpha value is -2.05. The van der Waals surface area contributed by atoms with Crippen molar-refractivity contribution in [1.82, 2.24) is 9.55 Å². The van der Waals surface area contributed by atoms with Gasteiger partial charge in [-0.25, -0.2) is 4.79 Å². The summed E-state index contributed by atoms with van der Waals surface area (Å²) in [5.74, 6) is -0.00367. The van der Waals surface area contributed by atoms with Gasteiger partial charge in [-0.05, 0) is 37.1 Å². The lowest BCUT2D eigenvalue weighted by molar-refractivity contribution is 0.201. The molecule has 0 spiro atoms. The summed E-state index contributed by atoms with van der Waals surface area (Å²) in [4.78, 5) is 28.6. The lowest BCUT2D eigenvalue weighted by Crippen LogP contribution is -2.37.